The number of aromatic nitrogens is 2. The van der Waals surface area contributed by atoms with Crippen molar-refractivity contribution in [1.29, 1.82) is 5.26 Å². The van der Waals surface area contributed by atoms with Crippen LogP contribution in [-0.4, -0.2) is 52.8 Å². The topological polar surface area (TPSA) is 142 Å². The lowest BCUT2D eigenvalue weighted by atomic mass is 9.98. The molecule has 0 bridgehead atoms. The van der Waals surface area contributed by atoms with Crippen molar-refractivity contribution in [1.82, 2.24) is 9.13 Å². The lowest BCUT2D eigenvalue weighted by Crippen LogP contribution is -2.43. The average Bonchev–Trinajstić information content (AvgIpc) is 3.47. The molecule has 11 nitrogen and oxygen atoms in total. The quantitative estimate of drug-likeness (QED) is 0.178. The SMILES string of the molecule is CC.CC(OC(=O)OC1CCCCC1)OC(=O)c1ccc2c(c1)c1cc(N3CCC[C@@H](N)C3)n(Cc3ccccc3C#N)c1c(=O)n2C. The zero-order valence-electron chi connectivity index (χ0n) is 28.2. The molecule has 48 heavy (non-hydrogen) atoms. The van der Waals surface area contributed by atoms with E-state index in [1.165, 1.54) is 6.92 Å². The standard InChI is InChI=1S/C35H39N5O6.C2H6/c1-22(45-35(43)46-27-12-4-3-5-13-27)44-34(42)23-14-15-30-28(17-23)29-18-31(39-16-8-11-26(37)21-39)40(32(29)33(41)38(30)2)20-25-10-7-6-9-24(25)19-36;1-2/h6-7,9-10,14-15,17-18,22,26-27H,3-5,8,11-13,16,20-21,37H2,1-2H3;1-2H3/t22?,26-;/m1./s1. The number of pyridine rings is 1. The van der Waals surface area contributed by atoms with Gasteiger partial charge in [0.05, 0.1) is 29.3 Å². The highest BCUT2D eigenvalue weighted by atomic mass is 16.8. The molecular weight excluding hydrogens is 610 g/mol. The number of hydrogen-bond acceptors (Lipinski definition) is 9. The minimum Gasteiger partial charge on any atom is -0.431 e. The molecule has 2 aliphatic rings. The van der Waals surface area contributed by atoms with E-state index in [9.17, 15) is 19.6 Å². The highest BCUT2D eigenvalue weighted by Crippen LogP contribution is 2.33. The summed E-state index contributed by atoms with van der Waals surface area (Å²) >= 11 is 0. The first kappa shape index (κ1) is 34.5. The first-order valence-corrected chi connectivity index (χ1v) is 17.0. The molecular formula is C37H45N5O6. The molecule has 3 heterocycles. The van der Waals surface area contributed by atoms with Crippen molar-refractivity contribution in [2.75, 3.05) is 18.0 Å². The lowest BCUT2D eigenvalue weighted by molar-refractivity contribution is -0.0914. The summed E-state index contributed by atoms with van der Waals surface area (Å²) in [7, 11) is 1.70. The summed E-state index contributed by atoms with van der Waals surface area (Å²) in [5.41, 5.74) is 8.85. The van der Waals surface area contributed by atoms with E-state index in [1.54, 1.807) is 35.9 Å². The van der Waals surface area contributed by atoms with Crippen LogP contribution >= 0.6 is 0 Å². The van der Waals surface area contributed by atoms with E-state index >= 15 is 0 Å². The molecule has 2 atom stereocenters. The maximum absolute atomic E-state index is 14.0. The van der Waals surface area contributed by atoms with Crippen LogP contribution in [0.3, 0.4) is 0 Å². The Kier molecular flexibility index (Phi) is 11.1. The monoisotopic (exact) mass is 655 g/mol. The number of nitriles is 1. The number of fused-ring (bicyclic) bond motifs is 3. The molecule has 0 amide bonds. The Hall–Kier alpha value is -4.82. The Balaban J connectivity index is 0.00000221. The fraction of sp³-hybridized carbons (Fsp3) is 0.459. The molecule has 2 fully saturated rings. The van der Waals surface area contributed by atoms with Crippen molar-refractivity contribution in [2.45, 2.75) is 90.7 Å². The van der Waals surface area contributed by atoms with Gasteiger partial charge in [0.15, 0.2) is 0 Å². The molecule has 0 spiro atoms. The Bertz CT molecular complexity index is 1880. The number of nitrogens with two attached hydrogens (primary N) is 1. The zero-order chi connectivity index (χ0) is 34.4. The van der Waals surface area contributed by atoms with Crippen LogP contribution in [0.4, 0.5) is 10.6 Å². The number of piperidine rings is 1. The van der Waals surface area contributed by atoms with Crippen molar-refractivity contribution >= 4 is 39.7 Å². The maximum Gasteiger partial charge on any atom is 0.511 e. The van der Waals surface area contributed by atoms with Gasteiger partial charge in [-0.2, -0.15) is 5.26 Å². The van der Waals surface area contributed by atoms with Crippen LogP contribution in [0, 0.1) is 11.3 Å². The summed E-state index contributed by atoms with van der Waals surface area (Å²) in [6.45, 7) is 7.19. The van der Waals surface area contributed by atoms with E-state index < -0.39 is 18.4 Å². The number of rotatable bonds is 7. The summed E-state index contributed by atoms with van der Waals surface area (Å²) in [5.74, 6) is 0.153. The highest BCUT2D eigenvalue weighted by Gasteiger charge is 2.26. The molecule has 1 unspecified atom stereocenters. The largest absolute Gasteiger partial charge is 0.511 e. The van der Waals surface area contributed by atoms with Crippen molar-refractivity contribution in [3.8, 4) is 6.07 Å². The van der Waals surface area contributed by atoms with Crippen LogP contribution < -0.4 is 16.2 Å². The second kappa shape index (κ2) is 15.4. The molecule has 6 rings (SSSR count). The van der Waals surface area contributed by atoms with Gasteiger partial charge < -0.3 is 34.0 Å². The highest BCUT2D eigenvalue weighted by molar-refractivity contribution is 6.09. The third kappa shape index (κ3) is 7.34. The Morgan fingerprint density at radius 2 is 1.75 bits per heavy atom. The molecule has 1 aliphatic heterocycles. The van der Waals surface area contributed by atoms with Crippen LogP contribution in [0.15, 0.2) is 53.3 Å². The lowest BCUT2D eigenvalue weighted by Gasteiger charge is -2.33. The first-order chi connectivity index (χ1) is 23.2. The minimum absolute atomic E-state index is 0.00304. The molecule has 4 aromatic rings. The number of hydrogen-bond donors (Lipinski definition) is 1. The summed E-state index contributed by atoms with van der Waals surface area (Å²) in [5, 5.41) is 11.2. The third-order valence-corrected chi connectivity index (χ3v) is 9.06. The molecule has 0 radical (unpaired) electrons. The second-order valence-corrected chi connectivity index (χ2v) is 12.3. The average molecular weight is 656 g/mol. The van der Waals surface area contributed by atoms with E-state index in [0.717, 1.165) is 62.9 Å². The van der Waals surface area contributed by atoms with E-state index in [2.05, 4.69) is 11.0 Å². The second-order valence-electron chi connectivity index (χ2n) is 12.3. The number of carbonyl (C=O) groups is 2. The fourth-order valence-corrected chi connectivity index (χ4v) is 6.71. The predicted octanol–water partition coefficient (Wildman–Crippen LogP) is 6.36. The molecule has 2 N–H and O–H groups in total. The van der Waals surface area contributed by atoms with Crippen molar-refractivity contribution in [3.05, 3.63) is 75.6 Å². The summed E-state index contributed by atoms with van der Waals surface area (Å²) in [4.78, 5) is 41.7. The normalized spacial score (nSPS) is 17.2. The van der Waals surface area contributed by atoms with Gasteiger partial charge in [0.1, 0.15) is 17.4 Å². The zero-order valence-corrected chi connectivity index (χ0v) is 28.2. The van der Waals surface area contributed by atoms with Gasteiger partial charge in [-0.3, -0.25) is 4.79 Å². The van der Waals surface area contributed by atoms with Crippen molar-refractivity contribution in [3.63, 3.8) is 0 Å². The van der Waals surface area contributed by atoms with Gasteiger partial charge in [-0.05, 0) is 74.4 Å². The number of nitrogens with zero attached hydrogens (tertiary/aromatic N) is 4. The Morgan fingerprint density at radius 1 is 1.00 bits per heavy atom. The number of aryl methyl sites for hydroxylation is 1. The van der Waals surface area contributed by atoms with Crippen molar-refractivity contribution < 1.29 is 23.8 Å². The van der Waals surface area contributed by atoms with Crippen LogP contribution in [0.5, 0.6) is 0 Å². The summed E-state index contributed by atoms with van der Waals surface area (Å²) in [6.07, 6.45) is 4.40. The Labute approximate surface area is 280 Å². The molecule has 2 aromatic carbocycles. The first-order valence-electron chi connectivity index (χ1n) is 17.0. The van der Waals surface area contributed by atoms with Gasteiger partial charge in [-0.25, -0.2) is 9.59 Å². The number of carbonyl (C=O) groups excluding carboxylic acids is 2. The van der Waals surface area contributed by atoms with Crippen molar-refractivity contribution in [2.24, 2.45) is 12.8 Å². The van der Waals surface area contributed by atoms with Crippen LogP contribution in [0.25, 0.3) is 21.8 Å². The van der Waals surface area contributed by atoms with Crippen LogP contribution in [-0.2, 0) is 27.8 Å². The van der Waals surface area contributed by atoms with Crippen LogP contribution in [0.2, 0.25) is 0 Å². The van der Waals surface area contributed by atoms with Gasteiger partial charge in [-0.1, -0.05) is 38.5 Å². The summed E-state index contributed by atoms with van der Waals surface area (Å²) < 4.78 is 19.6. The van der Waals surface area contributed by atoms with E-state index in [1.807, 2.05) is 42.7 Å². The number of benzene rings is 2. The van der Waals surface area contributed by atoms with E-state index in [0.29, 0.717) is 40.5 Å². The van der Waals surface area contributed by atoms with Gasteiger partial charge in [0.2, 0.25) is 6.29 Å². The van der Waals surface area contributed by atoms with Gasteiger partial charge in [-0.15, -0.1) is 0 Å². The predicted molar refractivity (Wildman–Crippen MR) is 185 cm³/mol. The fourth-order valence-electron chi connectivity index (χ4n) is 6.71. The summed E-state index contributed by atoms with van der Waals surface area (Å²) in [6, 6.07) is 16.6. The third-order valence-electron chi connectivity index (χ3n) is 9.06. The minimum atomic E-state index is -1.16. The maximum atomic E-state index is 14.0. The van der Waals surface area contributed by atoms with Gasteiger partial charge in [0.25, 0.3) is 5.56 Å². The molecule has 1 saturated heterocycles. The molecule has 2 aromatic heterocycles. The molecule has 1 aliphatic carbocycles. The smallest absolute Gasteiger partial charge is 0.431 e. The molecule has 1 saturated carbocycles. The van der Waals surface area contributed by atoms with Gasteiger partial charge >= 0.3 is 12.1 Å². The molecule has 11 heteroatoms. The van der Waals surface area contributed by atoms with Gasteiger partial charge in [0, 0.05) is 43.9 Å². The number of anilines is 1. The van der Waals surface area contributed by atoms with Crippen LogP contribution in [0.1, 0.15) is 87.2 Å². The molecule has 254 valence electrons. The van der Waals surface area contributed by atoms with E-state index in [4.69, 9.17) is 19.9 Å². The number of esters is 1. The Morgan fingerprint density at radius 3 is 2.48 bits per heavy atom. The van der Waals surface area contributed by atoms with E-state index in [-0.39, 0.29) is 23.3 Å². The number of ether oxygens (including phenoxy) is 3.